The van der Waals surface area contributed by atoms with Crippen LogP contribution in [-0.2, 0) is 6.42 Å². The number of halogens is 3. The second kappa shape index (κ2) is 7.16. The number of nitrogens with zero attached hydrogens (tertiary/aromatic N) is 1. The summed E-state index contributed by atoms with van der Waals surface area (Å²) in [5.74, 6) is -0.207. The normalized spacial score (nSPS) is 12.4. The maximum absolute atomic E-state index is 13.9. The Morgan fingerprint density at radius 3 is 2.90 bits per heavy atom. The van der Waals surface area contributed by atoms with E-state index < -0.39 is 0 Å². The van der Waals surface area contributed by atoms with Gasteiger partial charge in [0, 0.05) is 22.9 Å². The Morgan fingerprint density at radius 1 is 1.40 bits per heavy atom. The molecule has 20 heavy (non-hydrogen) atoms. The number of rotatable bonds is 5. The fraction of sp³-hybridized carbons (Fsp3) is 0.267. The van der Waals surface area contributed by atoms with E-state index in [1.165, 1.54) is 6.07 Å². The van der Waals surface area contributed by atoms with Gasteiger partial charge in [0.2, 0.25) is 0 Å². The quantitative estimate of drug-likeness (QED) is 0.850. The SMILES string of the molecule is CCNC(Cc1cc(Br)ccc1F)c1ccncc1Cl. The van der Waals surface area contributed by atoms with Crippen molar-refractivity contribution < 1.29 is 4.39 Å². The molecular weight excluding hydrogens is 343 g/mol. The molecule has 0 saturated heterocycles. The van der Waals surface area contributed by atoms with E-state index in [1.54, 1.807) is 24.5 Å². The molecule has 2 rings (SSSR count). The van der Waals surface area contributed by atoms with E-state index in [0.29, 0.717) is 17.0 Å². The molecule has 2 aromatic rings. The Kier molecular flexibility index (Phi) is 5.52. The smallest absolute Gasteiger partial charge is 0.126 e. The van der Waals surface area contributed by atoms with E-state index in [2.05, 4.69) is 26.2 Å². The molecule has 1 aromatic carbocycles. The molecule has 1 unspecified atom stereocenters. The molecule has 0 aliphatic rings. The van der Waals surface area contributed by atoms with E-state index >= 15 is 0 Å². The van der Waals surface area contributed by atoms with Gasteiger partial charge in [-0.3, -0.25) is 4.98 Å². The molecule has 0 radical (unpaired) electrons. The van der Waals surface area contributed by atoms with Crippen molar-refractivity contribution in [3.8, 4) is 0 Å². The molecule has 0 aliphatic carbocycles. The molecule has 0 bridgehead atoms. The number of aromatic nitrogens is 1. The summed E-state index contributed by atoms with van der Waals surface area (Å²) in [4.78, 5) is 3.98. The predicted molar refractivity (Wildman–Crippen MR) is 83.5 cm³/mol. The molecule has 1 heterocycles. The van der Waals surface area contributed by atoms with Gasteiger partial charge in [0.05, 0.1) is 5.02 Å². The first-order chi connectivity index (χ1) is 9.61. The Hall–Kier alpha value is -0.970. The van der Waals surface area contributed by atoms with Gasteiger partial charge in [-0.15, -0.1) is 0 Å². The Balaban J connectivity index is 2.30. The summed E-state index contributed by atoms with van der Waals surface area (Å²) in [6.45, 7) is 2.79. The highest BCUT2D eigenvalue weighted by molar-refractivity contribution is 9.10. The summed E-state index contributed by atoms with van der Waals surface area (Å²) < 4.78 is 14.8. The van der Waals surface area contributed by atoms with Crippen LogP contribution >= 0.6 is 27.5 Å². The Bertz CT molecular complexity index is 592. The van der Waals surface area contributed by atoms with Gasteiger partial charge >= 0.3 is 0 Å². The maximum atomic E-state index is 13.9. The molecular formula is C15H15BrClFN2. The van der Waals surface area contributed by atoms with Crippen molar-refractivity contribution in [3.63, 3.8) is 0 Å². The molecule has 1 N–H and O–H groups in total. The zero-order chi connectivity index (χ0) is 14.5. The molecule has 0 amide bonds. The monoisotopic (exact) mass is 356 g/mol. The maximum Gasteiger partial charge on any atom is 0.126 e. The molecule has 106 valence electrons. The van der Waals surface area contributed by atoms with E-state index in [1.807, 2.05) is 13.0 Å². The fourth-order valence-electron chi connectivity index (χ4n) is 2.13. The molecule has 5 heteroatoms. The van der Waals surface area contributed by atoms with Crippen LogP contribution in [0.3, 0.4) is 0 Å². The van der Waals surface area contributed by atoms with Crippen LogP contribution in [0.4, 0.5) is 4.39 Å². The minimum absolute atomic E-state index is 0.0423. The van der Waals surface area contributed by atoms with Crippen LogP contribution in [0.2, 0.25) is 5.02 Å². The van der Waals surface area contributed by atoms with Crippen LogP contribution in [0.15, 0.2) is 41.1 Å². The number of pyridine rings is 1. The average molecular weight is 358 g/mol. The van der Waals surface area contributed by atoms with Crippen molar-refractivity contribution in [2.75, 3.05) is 6.54 Å². The van der Waals surface area contributed by atoms with Gasteiger partial charge < -0.3 is 5.32 Å². The lowest BCUT2D eigenvalue weighted by molar-refractivity contribution is 0.527. The van der Waals surface area contributed by atoms with Crippen molar-refractivity contribution in [3.05, 3.63) is 63.1 Å². The minimum atomic E-state index is -0.207. The van der Waals surface area contributed by atoms with Crippen LogP contribution < -0.4 is 5.32 Å². The van der Waals surface area contributed by atoms with E-state index in [9.17, 15) is 4.39 Å². The van der Waals surface area contributed by atoms with Gasteiger partial charge in [0.1, 0.15) is 5.82 Å². The zero-order valence-electron chi connectivity index (χ0n) is 11.0. The van der Waals surface area contributed by atoms with Crippen LogP contribution in [0.5, 0.6) is 0 Å². The van der Waals surface area contributed by atoms with Crippen molar-refractivity contribution in [2.24, 2.45) is 0 Å². The predicted octanol–water partition coefficient (Wildman–Crippen LogP) is 4.53. The Labute approximate surface area is 131 Å². The molecule has 0 saturated carbocycles. The number of nitrogens with one attached hydrogen (secondary N) is 1. The highest BCUT2D eigenvalue weighted by atomic mass is 79.9. The summed E-state index contributed by atoms with van der Waals surface area (Å²) in [5, 5.41) is 3.93. The van der Waals surface area contributed by atoms with Crippen molar-refractivity contribution in [2.45, 2.75) is 19.4 Å². The molecule has 1 atom stereocenters. The van der Waals surface area contributed by atoms with Gasteiger partial charge in [-0.25, -0.2) is 4.39 Å². The van der Waals surface area contributed by atoms with E-state index in [4.69, 9.17) is 11.6 Å². The third kappa shape index (κ3) is 3.78. The standard InChI is InChI=1S/C15H15BrClFN2/c1-2-20-15(12-5-6-19-9-13(12)17)8-10-7-11(16)3-4-14(10)18/h3-7,9,15,20H,2,8H2,1H3. The number of benzene rings is 1. The van der Waals surface area contributed by atoms with Crippen molar-refractivity contribution in [1.29, 1.82) is 0 Å². The third-order valence-corrected chi connectivity index (χ3v) is 3.87. The van der Waals surface area contributed by atoms with Gasteiger partial charge in [-0.1, -0.05) is 34.5 Å². The van der Waals surface area contributed by atoms with Gasteiger partial charge in [-0.05, 0) is 48.4 Å². The van der Waals surface area contributed by atoms with Crippen LogP contribution in [0.1, 0.15) is 24.1 Å². The van der Waals surface area contributed by atoms with Gasteiger partial charge in [-0.2, -0.15) is 0 Å². The van der Waals surface area contributed by atoms with Gasteiger partial charge in [0.25, 0.3) is 0 Å². The lowest BCUT2D eigenvalue weighted by Gasteiger charge is -2.20. The Morgan fingerprint density at radius 2 is 2.20 bits per heavy atom. The second-order valence-electron chi connectivity index (χ2n) is 4.45. The van der Waals surface area contributed by atoms with E-state index in [0.717, 1.165) is 16.6 Å². The number of hydrogen-bond acceptors (Lipinski definition) is 2. The van der Waals surface area contributed by atoms with Crippen molar-refractivity contribution >= 4 is 27.5 Å². The summed E-state index contributed by atoms with van der Waals surface area (Å²) in [5.41, 5.74) is 1.58. The van der Waals surface area contributed by atoms with Crippen LogP contribution in [0, 0.1) is 5.82 Å². The lowest BCUT2D eigenvalue weighted by Crippen LogP contribution is -2.23. The van der Waals surface area contributed by atoms with Crippen molar-refractivity contribution in [1.82, 2.24) is 10.3 Å². The third-order valence-electron chi connectivity index (χ3n) is 3.06. The van der Waals surface area contributed by atoms with Crippen LogP contribution in [-0.4, -0.2) is 11.5 Å². The number of likely N-dealkylation sites (N-methyl/N-ethyl adjacent to an activating group) is 1. The lowest BCUT2D eigenvalue weighted by atomic mass is 9.99. The highest BCUT2D eigenvalue weighted by Gasteiger charge is 2.16. The summed E-state index contributed by atoms with van der Waals surface area (Å²) in [6, 6.07) is 6.79. The zero-order valence-corrected chi connectivity index (χ0v) is 13.4. The first-order valence-electron chi connectivity index (χ1n) is 6.38. The van der Waals surface area contributed by atoms with Gasteiger partial charge in [0.15, 0.2) is 0 Å². The summed E-state index contributed by atoms with van der Waals surface area (Å²) in [6.07, 6.45) is 3.84. The second-order valence-corrected chi connectivity index (χ2v) is 5.77. The first kappa shape index (κ1) is 15.4. The number of hydrogen-bond donors (Lipinski definition) is 1. The average Bonchev–Trinajstić information content (AvgIpc) is 2.43. The largest absolute Gasteiger partial charge is 0.310 e. The summed E-state index contributed by atoms with van der Waals surface area (Å²) >= 11 is 9.56. The minimum Gasteiger partial charge on any atom is -0.310 e. The molecule has 0 aliphatic heterocycles. The molecule has 0 fully saturated rings. The van der Waals surface area contributed by atoms with E-state index in [-0.39, 0.29) is 11.9 Å². The fourth-order valence-corrected chi connectivity index (χ4v) is 2.79. The van der Waals surface area contributed by atoms with Crippen LogP contribution in [0.25, 0.3) is 0 Å². The molecule has 0 spiro atoms. The molecule has 2 nitrogen and oxygen atoms in total. The molecule has 1 aromatic heterocycles. The highest BCUT2D eigenvalue weighted by Crippen LogP contribution is 2.27. The summed E-state index contributed by atoms with van der Waals surface area (Å²) in [7, 11) is 0. The topological polar surface area (TPSA) is 24.9 Å². The first-order valence-corrected chi connectivity index (χ1v) is 7.55.